The number of rotatable bonds is 6. The molecule has 3 amide bonds. The van der Waals surface area contributed by atoms with Crippen LogP contribution in [0.25, 0.3) is 0 Å². The van der Waals surface area contributed by atoms with Crippen LogP contribution >= 0.6 is 12.4 Å². The minimum Gasteiger partial charge on any atom is -0.384 e. The molecule has 3 rings (SSSR count). The highest BCUT2D eigenvalue weighted by Gasteiger charge is 2.32. The topological polar surface area (TPSA) is 82.7 Å². The Morgan fingerprint density at radius 1 is 1.23 bits per heavy atom. The Kier molecular flexibility index (Phi) is 7.25. The van der Waals surface area contributed by atoms with Crippen molar-refractivity contribution in [1.29, 1.82) is 0 Å². The minimum atomic E-state index is -0.0929. The molecule has 8 heteroatoms. The number of carbonyl (C=O) groups is 2. The quantitative estimate of drug-likeness (QED) is 0.694. The predicted octanol–water partition coefficient (Wildman–Crippen LogP) is 1.38. The maximum absolute atomic E-state index is 12.5. The highest BCUT2D eigenvalue weighted by atomic mass is 35.5. The van der Waals surface area contributed by atoms with Gasteiger partial charge in [-0.15, -0.1) is 12.4 Å². The molecule has 26 heavy (non-hydrogen) atoms. The van der Waals surface area contributed by atoms with Gasteiger partial charge in [0, 0.05) is 43.4 Å². The summed E-state index contributed by atoms with van der Waals surface area (Å²) >= 11 is 0. The van der Waals surface area contributed by atoms with Crippen LogP contribution < -0.4 is 20.9 Å². The van der Waals surface area contributed by atoms with Gasteiger partial charge in [0.15, 0.2) is 0 Å². The number of benzene rings is 1. The molecule has 0 radical (unpaired) electrons. The molecule has 2 saturated heterocycles. The van der Waals surface area contributed by atoms with Gasteiger partial charge in [0.25, 0.3) is 5.91 Å². The average molecular weight is 383 g/mol. The van der Waals surface area contributed by atoms with Crippen LogP contribution in [0, 0.1) is 5.41 Å². The van der Waals surface area contributed by atoms with E-state index in [2.05, 4.69) is 16.0 Å². The third kappa shape index (κ3) is 4.66. The van der Waals surface area contributed by atoms with E-state index in [0.717, 1.165) is 31.6 Å². The van der Waals surface area contributed by atoms with Crippen molar-refractivity contribution in [1.82, 2.24) is 16.0 Å². The fourth-order valence-electron chi connectivity index (χ4n) is 3.52. The number of hydrogen-bond donors (Lipinski definition) is 3. The maximum Gasteiger partial charge on any atom is 0.321 e. The first-order chi connectivity index (χ1) is 12.1. The lowest BCUT2D eigenvalue weighted by molar-refractivity contribution is 0.0512. The third-order valence-electron chi connectivity index (χ3n) is 5.04. The van der Waals surface area contributed by atoms with Crippen LogP contribution in [-0.2, 0) is 4.74 Å². The fourth-order valence-corrected chi connectivity index (χ4v) is 3.52. The van der Waals surface area contributed by atoms with Crippen LogP contribution in [0.2, 0.25) is 0 Å². The summed E-state index contributed by atoms with van der Waals surface area (Å²) in [7, 11) is 1.71. The largest absolute Gasteiger partial charge is 0.384 e. The van der Waals surface area contributed by atoms with E-state index < -0.39 is 0 Å². The van der Waals surface area contributed by atoms with E-state index in [1.165, 1.54) is 0 Å². The molecule has 7 nitrogen and oxygen atoms in total. The summed E-state index contributed by atoms with van der Waals surface area (Å²) in [5.74, 6) is -0.0913. The van der Waals surface area contributed by atoms with Gasteiger partial charge in [0.1, 0.15) is 0 Å². The highest BCUT2D eigenvalue weighted by molar-refractivity contribution is 5.97. The van der Waals surface area contributed by atoms with Gasteiger partial charge in [-0.3, -0.25) is 9.69 Å². The monoisotopic (exact) mass is 382 g/mol. The molecule has 0 unspecified atom stereocenters. The molecular formula is C18H27ClN4O3. The molecule has 2 heterocycles. The summed E-state index contributed by atoms with van der Waals surface area (Å²) in [6.07, 6.45) is 1.98. The van der Waals surface area contributed by atoms with Gasteiger partial charge >= 0.3 is 6.03 Å². The van der Waals surface area contributed by atoms with Gasteiger partial charge in [-0.05, 0) is 50.2 Å². The van der Waals surface area contributed by atoms with Crippen molar-refractivity contribution in [2.24, 2.45) is 5.41 Å². The van der Waals surface area contributed by atoms with Crippen LogP contribution in [0.1, 0.15) is 23.2 Å². The Morgan fingerprint density at radius 2 is 1.92 bits per heavy atom. The molecular weight excluding hydrogens is 356 g/mol. The number of carbonyl (C=O) groups excluding carboxylic acids is 2. The van der Waals surface area contributed by atoms with E-state index in [0.29, 0.717) is 31.8 Å². The lowest BCUT2D eigenvalue weighted by Crippen LogP contribution is -2.47. The Hall–Kier alpha value is -1.83. The predicted molar refractivity (Wildman–Crippen MR) is 103 cm³/mol. The van der Waals surface area contributed by atoms with Crippen molar-refractivity contribution in [3.05, 3.63) is 29.8 Å². The van der Waals surface area contributed by atoms with Gasteiger partial charge < -0.3 is 20.7 Å². The van der Waals surface area contributed by atoms with Crippen molar-refractivity contribution in [3.8, 4) is 0 Å². The Labute approximate surface area is 160 Å². The molecule has 0 atom stereocenters. The van der Waals surface area contributed by atoms with Gasteiger partial charge in [0.05, 0.1) is 6.61 Å². The summed E-state index contributed by atoms with van der Waals surface area (Å²) in [5, 5.41) is 9.17. The SMILES string of the molecule is COCC1(CNC(=O)c2ccc(N3CCNC3=O)cc2)CCNCC1.Cl. The molecule has 2 fully saturated rings. The molecule has 2 aliphatic rings. The number of anilines is 1. The van der Waals surface area contributed by atoms with Gasteiger partial charge in [-0.2, -0.15) is 0 Å². The van der Waals surface area contributed by atoms with E-state index in [1.807, 2.05) is 12.1 Å². The second kappa shape index (κ2) is 9.21. The number of urea groups is 1. The number of ether oxygens (including phenoxy) is 1. The standard InChI is InChI=1S/C18H26N4O3.ClH/c1-25-13-18(6-8-19-9-7-18)12-21-16(23)14-2-4-15(5-3-14)22-11-10-20-17(22)24;/h2-5,19H,6-13H2,1H3,(H,20,24)(H,21,23);1H. The molecule has 3 N–H and O–H groups in total. The number of piperidine rings is 1. The average Bonchev–Trinajstić information content (AvgIpc) is 3.07. The second-order valence-electron chi connectivity index (χ2n) is 6.80. The molecule has 1 aromatic carbocycles. The van der Waals surface area contributed by atoms with Gasteiger partial charge in [-0.25, -0.2) is 4.79 Å². The van der Waals surface area contributed by atoms with Crippen LogP contribution in [0.15, 0.2) is 24.3 Å². The first kappa shape index (κ1) is 20.5. The molecule has 2 aliphatic heterocycles. The molecule has 0 spiro atoms. The summed E-state index contributed by atoms with van der Waals surface area (Å²) < 4.78 is 5.38. The van der Waals surface area contributed by atoms with E-state index >= 15 is 0 Å². The number of halogens is 1. The zero-order valence-corrected chi connectivity index (χ0v) is 15.9. The number of hydrogen-bond acceptors (Lipinski definition) is 4. The van der Waals surface area contributed by atoms with Gasteiger partial charge in [-0.1, -0.05) is 0 Å². The zero-order valence-electron chi connectivity index (χ0n) is 15.0. The van der Waals surface area contributed by atoms with Crippen molar-refractivity contribution < 1.29 is 14.3 Å². The van der Waals surface area contributed by atoms with E-state index in [-0.39, 0.29) is 29.8 Å². The number of methoxy groups -OCH3 is 1. The van der Waals surface area contributed by atoms with Crippen molar-refractivity contribution in [3.63, 3.8) is 0 Å². The molecule has 0 aromatic heterocycles. The lowest BCUT2D eigenvalue weighted by atomic mass is 9.79. The summed E-state index contributed by atoms with van der Waals surface area (Å²) in [4.78, 5) is 25.8. The van der Waals surface area contributed by atoms with Crippen LogP contribution in [0.3, 0.4) is 0 Å². The molecule has 0 bridgehead atoms. The highest BCUT2D eigenvalue weighted by Crippen LogP contribution is 2.28. The maximum atomic E-state index is 12.5. The summed E-state index contributed by atoms with van der Waals surface area (Å²) in [6, 6.07) is 7.07. The van der Waals surface area contributed by atoms with Crippen LogP contribution in [-0.4, -0.2) is 58.4 Å². The van der Waals surface area contributed by atoms with E-state index in [1.54, 1.807) is 24.1 Å². The van der Waals surface area contributed by atoms with Crippen LogP contribution in [0.4, 0.5) is 10.5 Å². The van der Waals surface area contributed by atoms with E-state index in [4.69, 9.17) is 4.74 Å². The van der Waals surface area contributed by atoms with Gasteiger partial charge in [0.2, 0.25) is 0 Å². The van der Waals surface area contributed by atoms with Crippen molar-refractivity contribution >= 4 is 30.0 Å². The normalized spacial score (nSPS) is 18.8. The third-order valence-corrected chi connectivity index (χ3v) is 5.04. The second-order valence-corrected chi connectivity index (χ2v) is 6.80. The first-order valence-electron chi connectivity index (χ1n) is 8.77. The fraction of sp³-hybridized carbons (Fsp3) is 0.556. The summed E-state index contributed by atoms with van der Waals surface area (Å²) in [6.45, 7) is 4.46. The van der Waals surface area contributed by atoms with Crippen molar-refractivity contribution in [2.45, 2.75) is 12.8 Å². The number of amides is 3. The molecule has 1 aromatic rings. The number of nitrogens with one attached hydrogen (secondary N) is 3. The summed E-state index contributed by atoms with van der Waals surface area (Å²) in [5.41, 5.74) is 1.41. The molecule has 0 aliphatic carbocycles. The van der Waals surface area contributed by atoms with Crippen LogP contribution in [0.5, 0.6) is 0 Å². The Balaban J connectivity index is 0.00000243. The van der Waals surface area contributed by atoms with E-state index in [9.17, 15) is 9.59 Å². The smallest absolute Gasteiger partial charge is 0.321 e. The minimum absolute atomic E-state index is 0. The number of nitrogens with zero attached hydrogens (tertiary/aromatic N) is 1. The first-order valence-corrected chi connectivity index (χ1v) is 8.77. The van der Waals surface area contributed by atoms with Crippen molar-refractivity contribution in [2.75, 3.05) is 51.3 Å². The zero-order chi connectivity index (χ0) is 17.7. The Morgan fingerprint density at radius 3 is 2.50 bits per heavy atom. The lowest BCUT2D eigenvalue weighted by Gasteiger charge is -2.37. The molecule has 0 saturated carbocycles. The molecule has 144 valence electrons. The Bertz CT molecular complexity index is 612.